The van der Waals surface area contributed by atoms with Gasteiger partial charge in [-0.25, -0.2) is 0 Å². The molecular formula is C16H22N2O3. The monoisotopic (exact) mass is 290 g/mol. The molecule has 2 saturated heterocycles. The van der Waals surface area contributed by atoms with Crippen molar-refractivity contribution in [3.05, 3.63) is 29.8 Å². The van der Waals surface area contributed by atoms with Crippen molar-refractivity contribution in [1.29, 1.82) is 0 Å². The van der Waals surface area contributed by atoms with Crippen LogP contribution in [0.3, 0.4) is 0 Å². The molecule has 2 aliphatic heterocycles. The molecule has 1 N–H and O–H groups in total. The van der Waals surface area contributed by atoms with E-state index in [0.717, 1.165) is 38.2 Å². The van der Waals surface area contributed by atoms with Crippen molar-refractivity contribution in [1.82, 2.24) is 4.90 Å². The highest BCUT2D eigenvalue weighted by molar-refractivity contribution is 5.88. The van der Waals surface area contributed by atoms with Crippen LogP contribution in [-0.4, -0.2) is 42.9 Å². The second kappa shape index (κ2) is 6.13. The Morgan fingerprint density at radius 2 is 2.00 bits per heavy atom. The third-order valence-electron chi connectivity index (χ3n) is 3.99. The summed E-state index contributed by atoms with van der Waals surface area (Å²) < 4.78 is 11.6. The maximum Gasteiger partial charge on any atom is 0.221 e. The third kappa shape index (κ3) is 3.61. The van der Waals surface area contributed by atoms with Crippen molar-refractivity contribution >= 4 is 11.6 Å². The van der Waals surface area contributed by atoms with Gasteiger partial charge in [0, 0.05) is 25.6 Å². The van der Waals surface area contributed by atoms with Gasteiger partial charge in [-0.1, -0.05) is 12.1 Å². The molecule has 0 aliphatic carbocycles. The second-order valence-electron chi connectivity index (χ2n) is 5.80. The molecule has 114 valence electrons. The summed E-state index contributed by atoms with van der Waals surface area (Å²) in [6.07, 6.45) is 2.09. The van der Waals surface area contributed by atoms with E-state index in [4.69, 9.17) is 9.47 Å². The normalized spacial score (nSPS) is 21.6. The van der Waals surface area contributed by atoms with Crippen LogP contribution in [0.15, 0.2) is 24.3 Å². The van der Waals surface area contributed by atoms with Gasteiger partial charge in [0.05, 0.1) is 19.8 Å². The molecule has 0 bridgehead atoms. The van der Waals surface area contributed by atoms with Crippen LogP contribution in [0.5, 0.6) is 0 Å². The summed E-state index contributed by atoms with van der Waals surface area (Å²) in [5.41, 5.74) is 2.07. The molecule has 2 fully saturated rings. The lowest BCUT2D eigenvalue weighted by Crippen LogP contribution is -2.48. The number of anilines is 1. The Morgan fingerprint density at radius 1 is 1.29 bits per heavy atom. The Morgan fingerprint density at radius 3 is 2.67 bits per heavy atom. The Kier molecular flexibility index (Phi) is 4.24. The van der Waals surface area contributed by atoms with E-state index in [0.29, 0.717) is 13.2 Å². The number of hydrogen-bond donors (Lipinski definition) is 1. The number of rotatable bonds is 3. The van der Waals surface area contributed by atoms with Gasteiger partial charge < -0.3 is 14.8 Å². The van der Waals surface area contributed by atoms with Gasteiger partial charge in [-0.2, -0.15) is 0 Å². The fraction of sp³-hybridized carbons (Fsp3) is 0.562. The predicted molar refractivity (Wildman–Crippen MR) is 79.9 cm³/mol. The minimum atomic E-state index is -0.367. The maximum atomic E-state index is 11.0. The van der Waals surface area contributed by atoms with E-state index in [9.17, 15) is 4.79 Å². The fourth-order valence-electron chi connectivity index (χ4n) is 3.09. The molecule has 0 atom stereocenters. The van der Waals surface area contributed by atoms with E-state index in [1.165, 1.54) is 12.5 Å². The van der Waals surface area contributed by atoms with Crippen molar-refractivity contribution < 1.29 is 14.3 Å². The van der Waals surface area contributed by atoms with E-state index >= 15 is 0 Å². The Bertz CT molecular complexity index is 495. The first-order valence-electron chi connectivity index (χ1n) is 7.52. The molecule has 5 heteroatoms. The summed E-state index contributed by atoms with van der Waals surface area (Å²) in [4.78, 5) is 13.4. The quantitative estimate of drug-likeness (QED) is 0.925. The van der Waals surface area contributed by atoms with Crippen LogP contribution >= 0.6 is 0 Å². The Balaban J connectivity index is 1.59. The summed E-state index contributed by atoms with van der Waals surface area (Å²) in [5.74, 6) is -0.412. The average Bonchev–Trinajstić information content (AvgIpc) is 2.88. The maximum absolute atomic E-state index is 11.0. The van der Waals surface area contributed by atoms with Crippen LogP contribution in [0.2, 0.25) is 0 Å². The smallest absolute Gasteiger partial charge is 0.221 e. The van der Waals surface area contributed by atoms with Gasteiger partial charge in [0.2, 0.25) is 5.91 Å². The minimum Gasteiger partial charge on any atom is -0.346 e. The second-order valence-corrected chi connectivity index (χ2v) is 5.80. The lowest BCUT2D eigenvalue weighted by molar-refractivity contribution is -0.190. The summed E-state index contributed by atoms with van der Waals surface area (Å²) in [6, 6.07) is 8.00. The van der Waals surface area contributed by atoms with Crippen molar-refractivity contribution in [2.45, 2.75) is 32.1 Å². The standard InChI is InChI=1S/C16H22N2O3/c1-13(19)17-15-5-3-14(4-6-15)11-18-8-2-7-16(12-18)20-9-10-21-16/h3-6H,2,7-12H2,1H3,(H,17,19). The molecule has 1 aromatic rings. The topological polar surface area (TPSA) is 50.8 Å². The van der Waals surface area contributed by atoms with Crippen LogP contribution in [0.1, 0.15) is 25.3 Å². The lowest BCUT2D eigenvalue weighted by Gasteiger charge is -2.38. The van der Waals surface area contributed by atoms with Crippen molar-refractivity contribution in [3.63, 3.8) is 0 Å². The van der Waals surface area contributed by atoms with Crippen molar-refractivity contribution in [3.8, 4) is 0 Å². The molecular weight excluding hydrogens is 268 g/mol. The summed E-state index contributed by atoms with van der Waals surface area (Å²) in [6.45, 7) is 5.72. The number of nitrogens with zero attached hydrogens (tertiary/aromatic N) is 1. The average molecular weight is 290 g/mol. The van der Waals surface area contributed by atoms with Crippen molar-refractivity contribution in [2.24, 2.45) is 0 Å². The zero-order valence-electron chi connectivity index (χ0n) is 12.4. The number of likely N-dealkylation sites (tertiary alicyclic amines) is 1. The van der Waals surface area contributed by atoms with Crippen molar-refractivity contribution in [2.75, 3.05) is 31.6 Å². The highest BCUT2D eigenvalue weighted by Gasteiger charge is 2.40. The highest BCUT2D eigenvalue weighted by atomic mass is 16.7. The van der Waals surface area contributed by atoms with E-state index in [-0.39, 0.29) is 11.7 Å². The minimum absolute atomic E-state index is 0.0451. The summed E-state index contributed by atoms with van der Waals surface area (Å²) in [5, 5.41) is 2.78. The van der Waals surface area contributed by atoms with Crippen LogP contribution < -0.4 is 5.32 Å². The molecule has 0 radical (unpaired) electrons. The molecule has 0 saturated carbocycles. The number of hydrogen-bond acceptors (Lipinski definition) is 4. The molecule has 5 nitrogen and oxygen atoms in total. The van der Waals surface area contributed by atoms with Gasteiger partial charge in [-0.15, -0.1) is 0 Å². The first-order valence-corrected chi connectivity index (χ1v) is 7.52. The fourth-order valence-corrected chi connectivity index (χ4v) is 3.09. The van der Waals surface area contributed by atoms with E-state index in [1.54, 1.807) is 0 Å². The number of ether oxygens (including phenoxy) is 2. The molecule has 1 aromatic carbocycles. The molecule has 0 aromatic heterocycles. The van der Waals surface area contributed by atoms with Crippen LogP contribution in [-0.2, 0) is 20.8 Å². The SMILES string of the molecule is CC(=O)Nc1ccc(CN2CCCC3(C2)OCCO3)cc1. The summed E-state index contributed by atoms with van der Waals surface area (Å²) in [7, 11) is 0. The van der Waals surface area contributed by atoms with Crippen LogP contribution in [0.25, 0.3) is 0 Å². The first kappa shape index (κ1) is 14.5. The number of nitrogens with one attached hydrogen (secondary N) is 1. The van der Waals surface area contributed by atoms with Crippen LogP contribution in [0, 0.1) is 0 Å². The van der Waals surface area contributed by atoms with Crippen LogP contribution in [0.4, 0.5) is 5.69 Å². The Hall–Kier alpha value is -1.43. The van der Waals surface area contributed by atoms with Gasteiger partial charge in [-0.05, 0) is 30.7 Å². The molecule has 21 heavy (non-hydrogen) atoms. The zero-order valence-corrected chi connectivity index (χ0v) is 12.4. The van der Waals surface area contributed by atoms with Gasteiger partial charge in [0.15, 0.2) is 5.79 Å². The molecule has 3 rings (SSSR count). The first-order chi connectivity index (χ1) is 10.2. The highest BCUT2D eigenvalue weighted by Crippen LogP contribution is 2.30. The largest absolute Gasteiger partial charge is 0.346 e. The number of amides is 1. The van der Waals surface area contributed by atoms with Gasteiger partial charge in [0.1, 0.15) is 0 Å². The summed E-state index contributed by atoms with van der Waals surface area (Å²) >= 11 is 0. The number of carbonyl (C=O) groups excluding carboxylic acids is 1. The van der Waals surface area contributed by atoms with E-state index < -0.39 is 0 Å². The predicted octanol–water partition coefficient (Wildman–Crippen LogP) is 1.98. The number of carbonyl (C=O) groups is 1. The Labute approximate surface area is 125 Å². The van der Waals surface area contributed by atoms with Gasteiger partial charge in [0.25, 0.3) is 0 Å². The zero-order chi connectivity index (χ0) is 14.7. The molecule has 2 heterocycles. The molecule has 1 amide bonds. The van der Waals surface area contributed by atoms with E-state index in [2.05, 4.69) is 22.3 Å². The van der Waals surface area contributed by atoms with Gasteiger partial charge >= 0.3 is 0 Å². The lowest BCUT2D eigenvalue weighted by atomic mass is 10.0. The van der Waals surface area contributed by atoms with E-state index in [1.807, 2.05) is 12.1 Å². The number of piperidine rings is 1. The third-order valence-corrected chi connectivity index (χ3v) is 3.99. The van der Waals surface area contributed by atoms with Gasteiger partial charge in [-0.3, -0.25) is 9.69 Å². The number of benzene rings is 1. The molecule has 0 unspecified atom stereocenters. The molecule has 2 aliphatic rings. The molecule has 1 spiro atoms.